The van der Waals surface area contributed by atoms with Crippen molar-refractivity contribution in [2.75, 3.05) is 13.1 Å². The van der Waals surface area contributed by atoms with Crippen LogP contribution >= 0.6 is 0 Å². The first-order valence-corrected chi connectivity index (χ1v) is 12.4. The summed E-state index contributed by atoms with van der Waals surface area (Å²) in [5, 5.41) is 3.61. The van der Waals surface area contributed by atoms with Gasteiger partial charge in [0.25, 0.3) is 5.91 Å². The van der Waals surface area contributed by atoms with Gasteiger partial charge in [-0.2, -0.15) is 13.2 Å². The number of amides is 1. The number of hydrogen-bond donors (Lipinski definition) is 0. The summed E-state index contributed by atoms with van der Waals surface area (Å²) in [6.45, 7) is 1.87. The molecule has 1 saturated heterocycles. The predicted molar refractivity (Wildman–Crippen MR) is 140 cm³/mol. The average Bonchev–Trinajstić information content (AvgIpc) is 3.53. The molecule has 0 aliphatic carbocycles. The molecule has 0 N–H and O–H groups in total. The summed E-state index contributed by atoms with van der Waals surface area (Å²) in [7, 11) is 0. The van der Waals surface area contributed by atoms with Crippen LogP contribution in [0.1, 0.15) is 39.4 Å². The molecule has 1 unspecified atom stereocenters. The van der Waals surface area contributed by atoms with Gasteiger partial charge < -0.3 is 9.47 Å². The van der Waals surface area contributed by atoms with Gasteiger partial charge in [0.1, 0.15) is 0 Å². The Morgan fingerprint density at radius 2 is 1.59 bits per heavy atom. The second kappa shape index (κ2) is 9.11. The summed E-state index contributed by atoms with van der Waals surface area (Å²) < 4.78 is 41.0. The second-order valence-electron chi connectivity index (χ2n) is 9.72. The van der Waals surface area contributed by atoms with Crippen molar-refractivity contribution in [1.29, 1.82) is 0 Å². The van der Waals surface area contributed by atoms with Gasteiger partial charge in [-0.1, -0.05) is 54.6 Å². The monoisotopic (exact) mass is 498 g/mol. The number of likely N-dealkylation sites (tertiary alicyclic amines) is 1. The van der Waals surface area contributed by atoms with E-state index in [2.05, 4.69) is 53.2 Å². The third-order valence-corrected chi connectivity index (χ3v) is 7.36. The van der Waals surface area contributed by atoms with Gasteiger partial charge in [-0.15, -0.1) is 0 Å². The first kappa shape index (κ1) is 23.3. The largest absolute Gasteiger partial charge is 0.416 e. The predicted octanol–water partition coefficient (Wildman–Crippen LogP) is 7.49. The van der Waals surface area contributed by atoms with E-state index in [1.165, 1.54) is 39.4 Å². The zero-order chi connectivity index (χ0) is 25.6. The lowest BCUT2D eigenvalue weighted by atomic mass is 9.98. The Labute approximate surface area is 212 Å². The lowest BCUT2D eigenvalue weighted by molar-refractivity contribution is -0.137. The minimum absolute atomic E-state index is 0.168. The van der Waals surface area contributed by atoms with Gasteiger partial charge >= 0.3 is 6.18 Å². The fourth-order valence-corrected chi connectivity index (χ4v) is 5.45. The average molecular weight is 499 g/mol. The number of carbonyl (C=O) groups is 1. The van der Waals surface area contributed by atoms with Gasteiger partial charge in [0, 0.05) is 48.2 Å². The third-order valence-electron chi connectivity index (χ3n) is 7.36. The fraction of sp³-hybridized carbons (Fsp3) is 0.194. The molecule has 37 heavy (non-hydrogen) atoms. The number of fused-ring (bicyclic) bond motifs is 2. The lowest BCUT2D eigenvalue weighted by Gasteiger charge is -2.17. The van der Waals surface area contributed by atoms with E-state index >= 15 is 0 Å². The smallest absolute Gasteiger partial charge is 0.343 e. The van der Waals surface area contributed by atoms with E-state index < -0.39 is 11.7 Å². The molecule has 1 amide bonds. The standard InChI is InChI=1S/C31H25F3N2O/c32-31(33,34)26-13-11-23(12-14-26)30(37)35-16-15-25(19-35)28-20-36(29-8-4-3-7-27(28)29)18-21-9-10-22-5-1-2-6-24(22)17-21/h1-14,17,20,25H,15-16,18-19H2. The highest BCUT2D eigenvalue weighted by Crippen LogP contribution is 2.35. The fourth-order valence-electron chi connectivity index (χ4n) is 5.45. The van der Waals surface area contributed by atoms with Gasteiger partial charge in [-0.05, 0) is 64.7 Å². The van der Waals surface area contributed by atoms with Crippen LogP contribution < -0.4 is 0 Å². The normalized spacial score (nSPS) is 16.1. The number of alkyl halides is 3. The van der Waals surface area contributed by atoms with Crippen molar-refractivity contribution in [2.45, 2.75) is 25.1 Å². The maximum Gasteiger partial charge on any atom is 0.416 e. The van der Waals surface area contributed by atoms with E-state index in [-0.39, 0.29) is 17.4 Å². The summed E-state index contributed by atoms with van der Waals surface area (Å²) in [6, 6.07) is 27.7. The van der Waals surface area contributed by atoms with Crippen molar-refractivity contribution in [2.24, 2.45) is 0 Å². The minimum Gasteiger partial charge on any atom is -0.343 e. The maximum atomic E-state index is 13.0. The first-order valence-electron chi connectivity index (χ1n) is 12.4. The van der Waals surface area contributed by atoms with Crippen molar-refractivity contribution in [3.63, 3.8) is 0 Å². The van der Waals surface area contributed by atoms with Crippen LogP contribution in [0, 0.1) is 0 Å². The number of nitrogens with zero attached hydrogens (tertiary/aromatic N) is 2. The van der Waals surface area contributed by atoms with Crippen LogP contribution in [0.2, 0.25) is 0 Å². The molecule has 1 aliphatic heterocycles. The number of benzene rings is 4. The van der Waals surface area contributed by atoms with E-state index in [0.29, 0.717) is 13.1 Å². The molecule has 6 heteroatoms. The van der Waals surface area contributed by atoms with Gasteiger partial charge in [0.15, 0.2) is 0 Å². The summed E-state index contributed by atoms with van der Waals surface area (Å²) in [5.74, 6) is -0.0581. The molecular formula is C31H25F3N2O. The molecule has 3 nitrogen and oxygen atoms in total. The van der Waals surface area contributed by atoms with Crippen LogP contribution in [-0.4, -0.2) is 28.5 Å². The van der Waals surface area contributed by atoms with Gasteiger partial charge in [0.05, 0.1) is 5.56 Å². The molecule has 2 heterocycles. The van der Waals surface area contributed by atoms with E-state index in [1.54, 1.807) is 4.90 Å². The molecule has 0 radical (unpaired) electrons. The molecule has 1 aromatic heterocycles. The zero-order valence-electron chi connectivity index (χ0n) is 20.1. The first-order chi connectivity index (χ1) is 17.9. The Hall–Kier alpha value is -4.06. The maximum absolute atomic E-state index is 13.0. The molecule has 186 valence electrons. The molecular weight excluding hydrogens is 473 g/mol. The third kappa shape index (κ3) is 4.48. The van der Waals surface area contributed by atoms with Crippen molar-refractivity contribution >= 4 is 27.6 Å². The molecule has 0 bridgehead atoms. The number of rotatable bonds is 4. The lowest BCUT2D eigenvalue weighted by Crippen LogP contribution is -2.28. The van der Waals surface area contributed by atoms with Crippen molar-refractivity contribution < 1.29 is 18.0 Å². The van der Waals surface area contributed by atoms with Gasteiger partial charge in [-0.25, -0.2) is 0 Å². The van der Waals surface area contributed by atoms with Crippen LogP contribution in [-0.2, 0) is 12.7 Å². The molecule has 0 spiro atoms. The van der Waals surface area contributed by atoms with Crippen LogP contribution in [0.25, 0.3) is 21.7 Å². The zero-order valence-corrected chi connectivity index (χ0v) is 20.1. The van der Waals surface area contributed by atoms with Crippen LogP contribution in [0.5, 0.6) is 0 Å². The minimum atomic E-state index is -4.42. The Bertz CT molecular complexity index is 1600. The van der Waals surface area contributed by atoms with E-state index in [1.807, 2.05) is 24.3 Å². The van der Waals surface area contributed by atoms with Crippen molar-refractivity contribution in [1.82, 2.24) is 9.47 Å². The second-order valence-corrected chi connectivity index (χ2v) is 9.72. The van der Waals surface area contributed by atoms with E-state index in [9.17, 15) is 18.0 Å². The highest BCUT2D eigenvalue weighted by atomic mass is 19.4. The number of para-hydroxylation sites is 1. The Morgan fingerprint density at radius 1 is 0.865 bits per heavy atom. The summed E-state index contributed by atoms with van der Waals surface area (Å²) in [4.78, 5) is 14.8. The summed E-state index contributed by atoms with van der Waals surface area (Å²) in [5.41, 5.74) is 3.11. The highest BCUT2D eigenvalue weighted by molar-refractivity contribution is 5.94. The molecule has 4 aromatic carbocycles. The molecule has 1 fully saturated rings. The van der Waals surface area contributed by atoms with Crippen molar-refractivity contribution in [3.05, 3.63) is 119 Å². The van der Waals surface area contributed by atoms with Crippen LogP contribution in [0.15, 0.2) is 97.2 Å². The van der Waals surface area contributed by atoms with Gasteiger partial charge in [-0.3, -0.25) is 4.79 Å². The number of halogens is 3. The Balaban J connectivity index is 1.24. The van der Waals surface area contributed by atoms with Crippen molar-refractivity contribution in [3.8, 4) is 0 Å². The summed E-state index contributed by atoms with van der Waals surface area (Å²) >= 11 is 0. The summed E-state index contributed by atoms with van der Waals surface area (Å²) in [6.07, 6.45) is -1.39. The Kier molecular flexibility index (Phi) is 5.75. The topological polar surface area (TPSA) is 25.2 Å². The molecule has 5 aromatic rings. The highest BCUT2D eigenvalue weighted by Gasteiger charge is 2.32. The van der Waals surface area contributed by atoms with Crippen LogP contribution in [0.3, 0.4) is 0 Å². The number of hydrogen-bond acceptors (Lipinski definition) is 1. The van der Waals surface area contributed by atoms with Gasteiger partial charge in [0.2, 0.25) is 0 Å². The molecule has 6 rings (SSSR count). The molecule has 0 saturated carbocycles. The quantitative estimate of drug-likeness (QED) is 0.252. The SMILES string of the molecule is O=C(c1ccc(C(F)(F)F)cc1)N1CCC(c2cn(Cc3ccc4ccccc4c3)c3ccccc23)C1. The Morgan fingerprint density at radius 3 is 2.38 bits per heavy atom. The molecule has 1 aliphatic rings. The van der Waals surface area contributed by atoms with E-state index in [4.69, 9.17) is 0 Å². The number of aromatic nitrogens is 1. The van der Waals surface area contributed by atoms with Crippen LogP contribution in [0.4, 0.5) is 13.2 Å². The molecule has 1 atom stereocenters. The number of carbonyl (C=O) groups excluding carboxylic acids is 1. The van der Waals surface area contributed by atoms with E-state index in [0.717, 1.165) is 30.6 Å².